The smallest absolute Gasteiger partial charge is 0.277 e. The molecule has 40 heavy (non-hydrogen) atoms. The predicted octanol–water partition coefficient (Wildman–Crippen LogP) is 3.80. The molecule has 0 saturated heterocycles. The molecule has 0 unspecified atom stereocenters. The SMILES string of the molecule is CCCc1nc(CC)c2c(=O)[nH]c(-c3cc(S(=O)(=O)NCCCN(C)Cc4ccccc4)ccc3OCC)nn12. The number of imidazole rings is 1. The van der Waals surface area contributed by atoms with Gasteiger partial charge in [0.2, 0.25) is 10.0 Å². The summed E-state index contributed by atoms with van der Waals surface area (Å²) < 4.78 is 36.5. The molecule has 2 aromatic carbocycles. The first-order valence-corrected chi connectivity index (χ1v) is 15.3. The van der Waals surface area contributed by atoms with Gasteiger partial charge in [0.25, 0.3) is 5.56 Å². The summed E-state index contributed by atoms with van der Waals surface area (Å²) in [7, 11) is -1.80. The van der Waals surface area contributed by atoms with Crippen LogP contribution in [0.1, 0.15) is 50.7 Å². The van der Waals surface area contributed by atoms with Crippen molar-refractivity contribution < 1.29 is 13.2 Å². The fraction of sp³-hybridized carbons (Fsp3) is 0.414. The van der Waals surface area contributed by atoms with Gasteiger partial charge in [-0.25, -0.2) is 22.6 Å². The van der Waals surface area contributed by atoms with Gasteiger partial charge in [0, 0.05) is 19.5 Å². The van der Waals surface area contributed by atoms with E-state index in [-0.39, 0.29) is 16.3 Å². The van der Waals surface area contributed by atoms with Crippen LogP contribution >= 0.6 is 0 Å². The minimum Gasteiger partial charge on any atom is -0.493 e. The highest BCUT2D eigenvalue weighted by Gasteiger charge is 2.21. The van der Waals surface area contributed by atoms with Gasteiger partial charge in [-0.3, -0.25) is 4.79 Å². The first-order valence-electron chi connectivity index (χ1n) is 13.8. The van der Waals surface area contributed by atoms with E-state index in [0.29, 0.717) is 60.8 Å². The molecule has 2 heterocycles. The molecule has 2 aromatic heterocycles. The maximum absolute atomic E-state index is 13.2. The normalized spacial score (nSPS) is 11.9. The first-order chi connectivity index (χ1) is 19.3. The van der Waals surface area contributed by atoms with Gasteiger partial charge >= 0.3 is 0 Å². The number of aromatic amines is 1. The number of aryl methyl sites for hydroxylation is 2. The largest absolute Gasteiger partial charge is 0.493 e. The van der Waals surface area contributed by atoms with Gasteiger partial charge in [-0.15, -0.1) is 5.10 Å². The van der Waals surface area contributed by atoms with Crippen LogP contribution in [0.4, 0.5) is 0 Å². The zero-order valence-electron chi connectivity index (χ0n) is 23.6. The number of aromatic nitrogens is 4. The van der Waals surface area contributed by atoms with Crippen LogP contribution in [-0.2, 0) is 29.4 Å². The molecule has 10 nitrogen and oxygen atoms in total. The van der Waals surface area contributed by atoms with Crippen molar-refractivity contribution in [1.29, 1.82) is 0 Å². The third-order valence-corrected chi connectivity index (χ3v) is 8.03. The zero-order valence-corrected chi connectivity index (χ0v) is 24.4. The number of benzene rings is 2. The fourth-order valence-electron chi connectivity index (χ4n) is 4.64. The molecule has 0 radical (unpaired) electrons. The molecule has 0 aliphatic rings. The minimum atomic E-state index is -3.81. The summed E-state index contributed by atoms with van der Waals surface area (Å²) in [6.45, 7) is 8.02. The number of nitrogens with one attached hydrogen (secondary N) is 2. The third-order valence-electron chi connectivity index (χ3n) is 6.57. The highest BCUT2D eigenvalue weighted by molar-refractivity contribution is 7.89. The molecule has 4 aromatic rings. The average molecular weight is 567 g/mol. The van der Waals surface area contributed by atoms with Gasteiger partial charge in [0.1, 0.15) is 11.6 Å². The Kier molecular flexibility index (Phi) is 9.72. The number of sulfonamides is 1. The van der Waals surface area contributed by atoms with E-state index in [1.165, 1.54) is 17.7 Å². The second kappa shape index (κ2) is 13.2. The van der Waals surface area contributed by atoms with E-state index in [4.69, 9.17) is 4.74 Å². The molecule has 11 heteroatoms. The first kappa shape index (κ1) is 29.4. The number of ether oxygens (including phenoxy) is 1. The molecule has 0 fully saturated rings. The lowest BCUT2D eigenvalue weighted by Crippen LogP contribution is -2.28. The van der Waals surface area contributed by atoms with Crippen molar-refractivity contribution in [3.63, 3.8) is 0 Å². The van der Waals surface area contributed by atoms with E-state index in [0.717, 1.165) is 19.5 Å². The lowest BCUT2D eigenvalue weighted by Gasteiger charge is -2.17. The summed E-state index contributed by atoms with van der Waals surface area (Å²) in [5.74, 6) is 1.35. The van der Waals surface area contributed by atoms with E-state index in [9.17, 15) is 13.2 Å². The van der Waals surface area contributed by atoms with Crippen LogP contribution in [0, 0.1) is 0 Å². The van der Waals surface area contributed by atoms with Crippen molar-refractivity contribution in [2.45, 2.75) is 57.9 Å². The second-order valence-corrected chi connectivity index (χ2v) is 11.5. The van der Waals surface area contributed by atoms with Gasteiger partial charge in [0.05, 0.1) is 22.8 Å². The standard InChI is InChI=1S/C29H38N6O4S/c1-5-12-26-31-24(6-2)27-29(36)32-28(33-35(26)27)23-19-22(15-16-25(23)39-7-3)40(37,38)30-17-11-18-34(4)20-21-13-9-8-10-14-21/h8-10,13-16,19,30H,5-7,11-12,17-18,20H2,1-4H3,(H,32,33,36). The van der Waals surface area contributed by atoms with Gasteiger partial charge in [-0.2, -0.15) is 0 Å². The number of H-pyrrole nitrogens is 1. The van der Waals surface area contributed by atoms with Crippen molar-refractivity contribution in [3.05, 3.63) is 76.0 Å². The van der Waals surface area contributed by atoms with Crippen LogP contribution in [-0.4, -0.2) is 59.6 Å². The Bertz CT molecular complexity index is 1600. The molecule has 0 amide bonds. The number of rotatable bonds is 14. The second-order valence-electron chi connectivity index (χ2n) is 9.71. The van der Waals surface area contributed by atoms with Gasteiger partial charge in [-0.1, -0.05) is 44.2 Å². The van der Waals surface area contributed by atoms with Gasteiger partial charge < -0.3 is 14.6 Å². The van der Waals surface area contributed by atoms with Crippen LogP contribution in [0.15, 0.2) is 58.2 Å². The lowest BCUT2D eigenvalue weighted by molar-refractivity contribution is 0.322. The van der Waals surface area contributed by atoms with Crippen LogP contribution in [0.25, 0.3) is 16.9 Å². The Morgan fingerprint density at radius 3 is 2.58 bits per heavy atom. The molecule has 214 valence electrons. The molecule has 0 saturated carbocycles. The number of hydrogen-bond acceptors (Lipinski definition) is 7. The Labute approximate surface area is 235 Å². The van der Waals surface area contributed by atoms with Crippen LogP contribution in [0.3, 0.4) is 0 Å². The van der Waals surface area contributed by atoms with E-state index in [1.807, 2.05) is 46.0 Å². The Balaban J connectivity index is 1.57. The van der Waals surface area contributed by atoms with E-state index >= 15 is 0 Å². The quantitative estimate of drug-likeness (QED) is 0.223. The van der Waals surface area contributed by atoms with Gasteiger partial charge in [0.15, 0.2) is 11.3 Å². The zero-order chi connectivity index (χ0) is 28.7. The summed E-state index contributed by atoms with van der Waals surface area (Å²) in [5, 5.41) is 4.69. The minimum absolute atomic E-state index is 0.0694. The Morgan fingerprint density at radius 2 is 1.88 bits per heavy atom. The van der Waals surface area contributed by atoms with E-state index < -0.39 is 10.0 Å². The number of fused-ring (bicyclic) bond motifs is 1. The molecule has 0 bridgehead atoms. The van der Waals surface area contributed by atoms with Crippen molar-refractivity contribution in [2.75, 3.05) is 26.7 Å². The summed E-state index contributed by atoms with van der Waals surface area (Å²) >= 11 is 0. The molecule has 2 N–H and O–H groups in total. The van der Waals surface area contributed by atoms with Crippen molar-refractivity contribution in [1.82, 2.24) is 29.2 Å². The molecule has 0 atom stereocenters. The van der Waals surface area contributed by atoms with Gasteiger partial charge in [-0.05, 0) is 63.5 Å². The summed E-state index contributed by atoms with van der Waals surface area (Å²) in [4.78, 5) is 22.8. The lowest BCUT2D eigenvalue weighted by atomic mass is 10.2. The number of hydrogen-bond donors (Lipinski definition) is 2. The molecule has 0 aliphatic heterocycles. The topological polar surface area (TPSA) is 122 Å². The summed E-state index contributed by atoms with van der Waals surface area (Å²) in [6, 6.07) is 14.7. The predicted molar refractivity (Wildman–Crippen MR) is 156 cm³/mol. The van der Waals surface area contributed by atoms with Crippen LogP contribution in [0.5, 0.6) is 5.75 Å². The van der Waals surface area contributed by atoms with Crippen molar-refractivity contribution >= 4 is 15.5 Å². The fourth-order valence-corrected chi connectivity index (χ4v) is 5.74. The van der Waals surface area contributed by atoms with E-state index in [2.05, 4.69) is 36.8 Å². The average Bonchev–Trinajstić information content (AvgIpc) is 3.30. The molecular weight excluding hydrogens is 528 g/mol. The highest BCUT2D eigenvalue weighted by atomic mass is 32.2. The molecule has 4 rings (SSSR count). The van der Waals surface area contributed by atoms with Crippen LogP contribution < -0.4 is 15.0 Å². The molecule has 0 spiro atoms. The monoisotopic (exact) mass is 566 g/mol. The highest BCUT2D eigenvalue weighted by Crippen LogP contribution is 2.30. The van der Waals surface area contributed by atoms with E-state index in [1.54, 1.807) is 10.6 Å². The van der Waals surface area contributed by atoms with Crippen LogP contribution in [0.2, 0.25) is 0 Å². The Morgan fingerprint density at radius 1 is 1.10 bits per heavy atom. The summed E-state index contributed by atoms with van der Waals surface area (Å²) in [6.07, 6.45) is 2.76. The van der Waals surface area contributed by atoms with Crippen molar-refractivity contribution in [3.8, 4) is 17.1 Å². The maximum Gasteiger partial charge on any atom is 0.277 e. The number of nitrogens with zero attached hydrogens (tertiary/aromatic N) is 4. The van der Waals surface area contributed by atoms with Crippen molar-refractivity contribution in [2.24, 2.45) is 0 Å². The maximum atomic E-state index is 13.2. The molecule has 0 aliphatic carbocycles. The molecular formula is C29H38N6O4S. The Hall–Kier alpha value is -3.54. The third kappa shape index (κ3) is 6.78. The summed E-state index contributed by atoms with van der Waals surface area (Å²) in [5.41, 5.74) is 2.37.